The Hall–Kier alpha value is -4.37. The molecule has 0 unspecified atom stereocenters. The lowest BCUT2D eigenvalue weighted by molar-refractivity contribution is 1.32. The highest BCUT2D eigenvalue weighted by Crippen LogP contribution is 2.33. The molecule has 2 N–H and O–H groups in total. The average molecular weight is 442 g/mol. The molecule has 3 heteroatoms. The minimum absolute atomic E-state index is 0.949. The number of anilines is 2. The van der Waals surface area contributed by atoms with Crippen LogP contribution in [-0.4, -0.2) is 19.1 Å². The van der Waals surface area contributed by atoms with Crippen LogP contribution >= 0.6 is 0 Å². The van der Waals surface area contributed by atoms with Crippen LogP contribution in [0.2, 0.25) is 0 Å². The predicted octanol–water partition coefficient (Wildman–Crippen LogP) is 7.83. The van der Waals surface area contributed by atoms with Crippen LogP contribution in [0.15, 0.2) is 115 Å². The third-order valence-electron chi connectivity index (χ3n) is 6.02. The first-order valence-corrected chi connectivity index (χ1v) is 11.5. The second-order valence-corrected chi connectivity index (χ2v) is 8.23. The van der Waals surface area contributed by atoms with E-state index in [1.54, 1.807) is 0 Å². The van der Waals surface area contributed by atoms with Crippen molar-refractivity contribution in [2.24, 2.45) is 0 Å². The van der Waals surface area contributed by atoms with E-state index in [0.29, 0.717) is 0 Å². The standard InChI is InChI=1S/C31H27N3/c1-32-28-15-7-13-25(18-28)30-20-27(21-31(34-30)26-14-8-16-29(19-26)33-2)24-12-6-11-23(17-24)22-9-4-3-5-10-22/h3-21,32-33H,1-2H3. The van der Waals surface area contributed by atoms with E-state index in [4.69, 9.17) is 4.98 Å². The Morgan fingerprint density at radius 3 is 1.44 bits per heavy atom. The molecular formula is C31H27N3. The highest BCUT2D eigenvalue weighted by atomic mass is 14.8. The molecule has 5 aromatic rings. The molecule has 166 valence electrons. The van der Waals surface area contributed by atoms with Crippen molar-refractivity contribution in [3.8, 4) is 44.8 Å². The number of pyridine rings is 1. The Bertz CT molecular complexity index is 1360. The molecule has 1 heterocycles. The van der Waals surface area contributed by atoms with Gasteiger partial charge in [-0.2, -0.15) is 0 Å². The van der Waals surface area contributed by atoms with Gasteiger partial charge in [0.25, 0.3) is 0 Å². The smallest absolute Gasteiger partial charge is 0.0716 e. The van der Waals surface area contributed by atoms with E-state index < -0.39 is 0 Å². The van der Waals surface area contributed by atoms with Gasteiger partial charge in [0, 0.05) is 36.6 Å². The first-order valence-electron chi connectivity index (χ1n) is 11.5. The summed E-state index contributed by atoms with van der Waals surface area (Å²) in [4.78, 5) is 5.08. The Balaban J connectivity index is 1.67. The zero-order chi connectivity index (χ0) is 23.3. The molecule has 0 radical (unpaired) electrons. The molecule has 1 aromatic heterocycles. The summed E-state index contributed by atoms with van der Waals surface area (Å²) in [5.74, 6) is 0. The third-order valence-corrected chi connectivity index (χ3v) is 6.02. The number of hydrogen-bond donors (Lipinski definition) is 2. The van der Waals surface area contributed by atoms with Crippen molar-refractivity contribution >= 4 is 11.4 Å². The Labute approximate surface area is 201 Å². The quantitative estimate of drug-likeness (QED) is 0.282. The average Bonchev–Trinajstić information content (AvgIpc) is 2.93. The summed E-state index contributed by atoms with van der Waals surface area (Å²) < 4.78 is 0. The first kappa shape index (κ1) is 21.5. The highest BCUT2D eigenvalue weighted by molar-refractivity contribution is 5.80. The minimum atomic E-state index is 0.949. The van der Waals surface area contributed by atoms with Crippen LogP contribution in [0, 0.1) is 0 Å². The maximum atomic E-state index is 5.08. The summed E-state index contributed by atoms with van der Waals surface area (Å²) in [5, 5.41) is 6.47. The Morgan fingerprint density at radius 2 is 0.882 bits per heavy atom. The number of nitrogens with zero attached hydrogens (tertiary/aromatic N) is 1. The SMILES string of the molecule is CNc1cccc(-c2cc(-c3cccc(-c4ccccc4)c3)cc(-c3cccc(NC)c3)n2)c1. The van der Waals surface area contributed by atoms with Crippen molar-refractivity contribution < 1.29 is 0 Å². The van der Waals surface area contributed by atoms with Crippen molar-refractivity contribution in [2.75, 3.05) is 24.7 Å². The zero-order valence-electron chi connectivity index (χ0n) is 19.4. The number of nitrogens with one attached hydrogen (secondary N) is 2. The Kier molecular flexibility index (Phi) is 6.09. The van der Waals surface area contributed by atoms with Gasteiger partial charge in [0.1, 0.15) is 0 Å². The number of benzene rings is 4. The predicted molar refractivity (Wildman–Crippen MR) is 145 cm³/mol. The van der Waals surface area contributed by atoms with Gasteiger partial charge in [0.2, 0.25) is 0 Å². The second-order valence-electron chi connectivity index (χ2n) is 8.23. The van der Waals surface area contributed by atoms with E-state index in [1.165, 1.54) is 16.7 Å². The minimum Gasteiger partial charge on any atom is -0.388 e. The summed E-state index contributed by atoms with van der Waals surface area (Å²) in [6.07, 6.45) is 0. The summed E-state index contributed by atoms with van der Waals surface area (Å²) >= 11 is 0. The molecule has 3 nitrogen and oxygen atoms in total. The molecule has 0 amide bonds. The van der Waals surface area contributed by atoms with E-state index in [2.05, 4.69) is 120 Å². The molecule has 4 aromatic carbocycles. The fourth-order valence-corrected chi connectivity index (χ4v) is 4.17. The zero-order valence-corrected chi connectivity index (χ0v) is 19.4. The molecule has 0 aliphatic rings. The van der Waals surface area contributed by atoms with Crippen LogP contribution in [0.4, 0.5) is 11.4 Å². The number of hydrogen-bond acceptors (Lipinski definition) is 3. The van der Waals surface area contributed by atoms with Gasteiger partial charge in [0.05, 0.1) is 11.4 Å². The van der Waals surface area contributed by atoms with Crippen LogP contribution in [0.3, 0.4) is 0 Å². The molecule has 0 saturated carbocycles. The van der Waals surface area contributed by atoms with Crippen LogP contribution in [0.25, 0.3) is 44.8 Å². The van der Waals surface area contributed by atoms with Gasteiger partial charge < -0.3 is 10.6 Å². The molecule has 0 spiro atoms. The van der Waals surface area contributed by atoms with Crippen LogP contribution in [-0.2, 0) is 0 Å². The highest BCUT2D eigenvalue weighted by Gasteiger charge is 2.11. The third kappa shape index (κ3) is 4.55. The van der Waals surface area contributed by atoms with Gasteiger partial charge in [-0.15, -0.1) is 0 Å². The topological polar surface area (TPSA) is 37.0 Å². The summed E-state index contributed by atoms with van der Waals surface area (Å²) in [6, 6.07) is 40.3. The van der Waals surface area contributed by atoms with Crippen molar-refractivity contribution in [3.63, 3.8) is 0 Å². The first-order chi connectivity index (χ1) is 16.7. The van der Waals surface area contributed by atoms with Gasteiger partial charge in [-0.25, -0.2) is 4.98 Å². The van der Waals surface area contributed by atoms with Gasteiger partial charge in [-0.3, -0.25) is 0 Å². The molecule has 0 atom stereocenters. The molecule has 0 bridgehead atoms. The van der Waals surface area contributed by atoms with Gasteiger partial charge in [-0.05, 0) is 64.7 Å². The number of aromatic nitrogens is 1. The lowest BCUT2D eigenvalue weighted by Gasteiger charge is -2.13. The van der Waals surface area contributed by atoms with Gasteiger partial charge in [-0.1, -0.05) is 72.8 Å². The van der Waals surface area contributed by atoms with E-state index in [-0.39, 0.29) is 0 Å². The lowest BCUT2D eigenvalue weighted by Crippen LogP contribution is -1.94. The normalized spacial score (nSPS) is 10.6. The van der Waals surface area contributed by atoms with Crippen molar-refractivity contribution in [2.45, 2.75) is 0 Å². The van der Waals surface area contributed by atoms with Gasteiger partial charge >= 0.3 is 0 Å². The Morgan fingerprint density at radius 1 is 0.412 bits per heavy atom. The van der Waals surface area contributed by atoms with E-state index in [9.17, 15) is 0 Å². The van der Waals surface area contributed by atoms with E-state index >= 15 is 0 Å². The number of rotatable bonds is 6. The molecule has 0 saturated heterocycles. The van der Waals surface area contributed by atoms with Crippen molar-refractivity contribution in [1.82, 2.24) is 4.98 Å². The van der Waals surface area contributed by atoms with Crippen molar-refractivity contribution in [3.05, 3.63) is 115 Å². The second kappa shape index (κ2) is 9.63. The molecule has 34 heavy (non-hydrogen) atoms. The van der Waals surface area contributed by atoms with Gasteiger partial charge in [0.15, 0.2) is 0 Å². The van der Waals surface area contributed by atoms with E-state index in [1.807, 2.05) is 20.2 Å². The van der Waals surface area contributed by atoms with Crippen LogP contribution < -0.4 is 10.6 Å². The fraction of sp³-hybridized carbons (Fsp3) is 0.0645. The summed E-state index contributed by atoms with van der Waals surface area (Å²) in [5.41, 5.74) is 10.9. The van der Waals surface area contributed by atoms with Crippen molar-refractivity contribution in [1.29, 1.82) is 0 Å². The molecule has 0 aliphatic carbocycles. The lowest BCUT2D eigenvalue weighted by atomic mass is 9.96. The monoisotopic (exact) mass is 441 g/mol. The largest absolute Gasteiger partial charge is 0.388 e. The molecule has 5 rings (SSSR count). The molecule has 0 aliphatic heterocycles. The molecular weight excluding hydrogens is 414 g/mol. The summed E-state index contributed by atoms with van der Waals surface area (Å²) in [7, 11) is 3.87. The summed E-state index contributed by atoms with van der Waals surface area (Å²) in [6.45, 7) is 0. The van der Waals surface area contributed by atoms with E-state index in [0.717, 1.165) is 39.5 Å². The van der Waals surface area contributed by atoms with Crippen LogP contribution in [0.1, 0.15) is 0 Å². The maximum absolute atomic E-state index is 5.08. The molecule has 0 fully saturated rings. The maximum Gasteiger partial charge on any atom is 0.0716 e. The fourth-order valence-electron chi connectivity index (χ4n) is 4.17. The van der Waals surface area contributed by atoms with Crippen LogP contribution in [0.5, 0.6) is 0 Å².